The van der Waals surface area contributed by atoms with Crippen LogP contribution in [0.4, 0.5) is 4.39 Å². The first-order valence-corrected chi connectivity index (χ1v) is 5.02. The molecule has 5 heteroatoms. The molecule has 0 saturated heterocycles. The number of alkyl halides is 1. The summed E-state index contributed by atoms with van der Waals surface area (Å²) >= 11 is 5.57. The van der Waals surface area contributed by atoms with Gasteiger partial charge in [-0.2, -0.15) is 5.10 Å². The Labute approximate surface area is 91.3 Å². The second kappa shape index (κ2) is 4.40. The number of halogens is 2. The normalized spacial score (nSPS) is 10.5. The van der Waals surface area contributed by atoms with Crippen molar-refractivity contribution in [1.82, 2.24) is 15.2 Å². The number of rotatable bonds is 3. The molecule has 0 atom stereocenters. The van der Waals surface area contributed by atoms with Crippen LogP contribution in [0.3, 0.4) is 0 Å². The van der Waals surface area contributed by atoms with Gasteiger partial charge in [-0.15, -0.1) is 11.6 Å². The van der Waals surface area contributed by atoms with Gasteiger partial charge in [-0.05, 0) is 17.7 Å². The lowest BCUT2D eigenvalue weighted by molar-refractivity contribution is 0.627. The fourth-order valence-electron chi connectivity index (χ4n) is 1.27. The molecule has 2 rings (SSSR count). The third-order valence-corrected chi connectivity index (χ3v) is 2.22. The quantitative estimate of drug-likeness (QED) is 0.815. The monoisotopic (exact) mass is 225 g/mol. The van der Waals surface area contributed by atoms with Gasteiger partial charge in [0.1, 0.15) is 11.6 Å². The summed E-state index contributed by atoms with van der Waals surface area (Å²) in [5.74, 6) is 1.36. The van der Waals surface area contributed by atoms with Gasteiger partial charge >= 0.3 is 0 Å². The number of H-pyrrole nitrogens is 1. The molecule has 0 aliphatic rings. The Morgan fingerprint density at radius 1 is 1.27 bits per heavy atom. The summed E-state index contributed by atoms with van der Waals surface area (Å²) in [5.41, 5.74) is 0.980. The Kier molecular flexibility index (Phi) is 2.97. The highest BCUT2D eigenvalue weighted by Gasteiger charge is 2.02. The van der Waals surface area contributed by atoms with Crippen LogP contribution in [0, 0.1) is 5.82 Å². The summed E-state index contributed by atoms with van der Waals surface area (Å²) in [6.07, 6.45) is 0.601. The van der Waals surface area contributed by atoms with Gasteiger partial charge in [0.25, 0.3) is 0 Å². The molecule has 0 saturated carbocycles. The molecule has 1 heterocycles. The summed E-state index contributed by atoms with van der Waals surface area (Å²) in [5, 5.41) is 6.69. The van der Waals surface area contributed by atoms with Gasteiger partial charge in [-0.1, -0.05) is 12.1 Å². The number of nitrogens with zero attached hydrogens (tertiary/aromatic N) is 2. The lowest BCUT2D eigenvalue weighted by Crippen LogP contribution is -1.91. The fourth-order valence-corrected chi connectivity index (χ4v) is 1.39. The van der Waals surface area contributed by atoms with Gasteiger partial charge in [0.15, 0.2) is 5.82 Å². The lowest BCUT2D eigenvalue weighted by Gasteiger charge is -1.96. The molecular formula is C10H9ClFN3. The highest BCUT2D eigenvalue weighted by molar-refractivity contribution is 6.16. The number of hydrogen-bond donors (Lipinski definition) is 1. The van der Waals surface area contributed by atoms with Crippen LogP contribution in [-0.2, 0) is 12.3 Å². The van der Waals surface area contributed by atoms with Crippen molar-refractivity contribution in [3.05, 3.63) is 47.3 Å². The highest BCUT2D eigenvalue weighted by atomic mass is 35.5. The van der Waals surface area contributed by atoms with Crippen molar-refractivity contribution < 1.29 is 4.39 Å². The standard InChI is InChI=1S/C10H9ClFN3/c11-6-10-13-9(14-15-10)5-7-1-3-8(12)4-2-7/h1-4H,5-6H2,(H,13,14,15). The van der Waals surface area contributed by atoms with Crippen LogP contribution < -0.4 is 0 Å². The molecule has 0 unspecified atom stereocenters. The van der Waals surface area contributed by atoms with Gasteiger partial charge in [0, 0.05) is 6.42 Å². The number of nitrogens with one attached hydrogen (secondary N) is 1. The van der Waals surface area contributed by atoms with Gasteiger partial charge in [0.2, 0.25) is 0 Å². The van der Waals surface area contributed by atoms with Crippen molar-refractivity contribution in [2.24, 2.45) is 0 Å². The van der Waals surface area contributed by atoms with E-state index in [1.807, 2.05) is 0 Å². The zero-order valence-corrected chi connectivity index (χ0v) is 8.63. The van der Waals surface area contributed by atoms with E-state index >= 15 is 0 Å². The zero-order chi connectivity index (χ0) is 10.7. The summed E-state index contributed by atoms with van der Waals surface area (Å²) in [7, 11) is 0. The predicted octanol–water partition coefficient (Wildman–Crippen LogP) is 2.27. The topological polar surface area (TPSA) is 41.6 Å². The number of aromatic amines is 1. The van der Waals surface area contributed by atoms with Crippen LogP contribution in [0.25, 0.3) is 0 Å². The van der Waals surface area contributed by atoms with E-state index in [-0.39, 0.29) is 5.82 Å². The van der Waals surface area contributed by atoms with E-state index in [0.717, 1.165) is 11.4 Å². The predicted molar refractivity (Wildman–Crippen MR) is 55.1 cm³/mol. The first kappa shape index (κ1) is 10.1. The van der Waals surface area contributed by atoms with E-state index in [9.17, 15) is 4.39 Å². The maximum absolute atomic E-state index is 12.6. The second-order valence-corrected chi connectivity index (χ2v) is 3.40. The summed E-state index contributed by atoms with van der Waals surface area (Å²) < 4.78 is 12.6. The van der Waals surface area contributed by atoms with Crippen molar-refractivity contribution in [2.75, 3.05) is 0 Å². The molecular weight excluding hydrogens is 217 g/mol. The van der Waals surface area contributed by atoms with Crippen molar-refractivity contribution in [2.45, 2.75) is 12.3 Å². The molecule has 0 bridgehead atoms. The Morgan fingerprint density at radius 2 is 2.00 bits per heavy atom. The SMILES string of the molecule is Fc1ccc(Cc2nc(CCl)n[nH]2)cc1. The maximum Gasteiger partial charge on any atom is 0.165 e. The van der Waals surface area contributed by atoms with Gasteiger partial charge in [-0.3, -0.25) is 5.10 Å². The number of hydrogen-bond acceptors (Lipinski definition) is 2. The minimum atomic E-state index is -0.238. The molecule has 0 spiro atoms. The van der Waals surface area contributed by atoms with Crippen LogP contribution in [0.5, 0.6) is 0 Å². The van der Waals surface area contributed by atoms with Crippen molar-refractivity contribution in [1.29, 1.82) is 0 Å². The van der Waals surface area contributed by atoms with E-state index in [2.05, 4.69) is 15.2 Å². The van der Waals surface area contributed by atoms with E-state index < -0.39 is 0 Å². The Bertz CT molecular complexity index is 438. The minimum absolute atomic E-state index is 0.238. The molecule has 1 N–H and O–H groups in total. The molecule has 0 radical (unpaired) electrons. The Morgan fingerprint density at radius 3 is 2.60 bits per heavy atom. The summed E-state index contributed by atoms with van der Waals surface area (Å²) in [4.78, 5) is 4.15. The maximum atomic E-state index is 12.6. The molecule has 0 fully saturated rings. The van der Waals surface area contributed by atoms with Gasteiger partial charge in [0.05, 0.1) is 5.88 Å². The first-order chi connectivity index (χ1) is 7.28. The average molecular weight is 226 g/mol. The van der Waals surface area contributed by atoms with Crippen LogP contribution in [0.1, 0.15) is 17.2 Å². The number of benzene rings is 1. The third kappa shape index (κ3) is 2.53. The molecule has 2 aromatic rings. The Balaban J connectivity index is 2.11. The van der Waals surface area contributed by atoms with E-state index in [4.69, 9.17) is 11.6 Å². The largest absolute Gasteiger partial charge is 0.263 e. The first-order valence-electron chi connectivity index (χ1n) is 4.48. The van der Waals surface area contributed by atoms with E-state index in [0.29, 0.717) is 18.1 Å². The lowest BCUT2D eigenvalue weighted by atomic mass is 10.1. The molecule has 0 amide bonds. The van der Waals surface area contributed by atoms with Crippen LogP contribution >= 0.6 is 11.6 Å². The smallest absolute Gasteiger partial charge is 0.165 e. The molecule has 1 aromatic heterocycles. The van der Waals surface area contributed by atoms with E-state index in [1.54, 1.807) is 12.1 Å². The molecule has 0 aliphatic heterocycles. The van der Waals surface area contributed by atoms with Gasteiger partial charge in [-0.25, -0.2) is 9.37 Å². The Hall–Kier alpha value is -1.42. The van der Waals surface area contributed by atoms with Gasteiger partial charge < -0.3 is 0 Å². The molecule has 78 valence electrons. The van der Waals surface area contributed by atoms with E-state index in [1.165, 1.54) is 12.1 Å². The van der Waals surface area contributed by atoms with Crippen molar-refractivity contribution in [3.63, 3.8) is 0 Å². The summed E-state index contributed by atoms with van der Waals surface area (Å²) in [6, 6.07) is 6.29. The zero-order valence-electron chi connectivity index (χ0n) is 7.87. The molecule has 15 heavy (non-hydrogen) atoms. The number of aromatic nitrogens is 3. The second-order valence-electron chi connectivity index (χ2n) is 3.14. The highest BCUT2D eigenvalue weighted by Crippen LogP contribution is 2.07. The molecule has 0 aliphatic carbocycles. The third-order valence-electron chi connectivity index (χ3n) is 1.98. The summed E-state index contributed by atoms with van der Waals surface area (Å²) in [6.45, 7) is 0. The molecule has 3 nitrogen and oxygen atoms in total. The van der Waals surface area contributed by atoms with Crippen LogP contribution in [0.15, 0.2) is 24.3 Å². The average Bonchev–Trinajstić information content (AvgIpc) is 2.69. The van der Waals surface area contributed by atoms with Crippen molar-refractivity contribution in [3.8, 4) is 0 Å². The van der Waals surface area contributed by atoms with Crippen molar-refractivity contribution >= 4 is 11.6 Å². The molecule has 1 aromatic carbocycles. The van der Waals surface area contributed by atoms with Crippen LogP contribution in [0.2, 0.25) is 0 Å². The minimum Gasteiger partial charge on any atom is -0.263 e. The fraction of sp³-hybridized carbons (Fsp3) is 0.200. The van der Waals surface area contributed by atoms with Crippen LogP contribution in [-0.4, -0.2) is 15.2 Å².